The maximum atomic E-state index is 6.66. The molecule has 0 amide bonds. The van der Waals surface area contributed by atoms with Gasteiger partial charge in [0.25, 0.3) is 0 Å². The van der Waals surface area contributed by atoms with Gasteiger partial charge in [-0.2, -0.15) is 0 Å². The van der Waals surface area contributed by atoms with Gasteiger partial charge in [0.15, 0.2) is 0 Å². The average Bonchev–Trinajstić information content (AvgIpc) is 3.64. The van der Waals surface area contributed by atoms with Gasteiger partial charge in [-0.25, -0.2) is 0 Å². The lowest BCUT2D eigenvalue weighted by Gasteiger charge is -2.32. The van der Waals surface area contributed by atoms with E-state index in [2.05, 4.69) is 217 Å². The molecule has 256 valence electrons. The number of anilines is 3. The topological polar surface area (TPSA) is 12.5 Å². The van der Waals surface area contributed by atoms with Gasteiger partial charge in [-0.15, -0.1) is 0 Å². The van der Waals surface area contributed by atoms with Gasteiger partial charge in [0.1, 0.15) is 11.9 Å². The van der Waals surface area contributed by atoms with Crippen molar-refractivity contribution in [3.05, 3.63) is 223 Å². The smallest absolute Gasteiger partial charge is 0.132 e. The first kappa shape index (κ1) is 31.8. The maximum Gasteiger partial charge on any atom is 0.132 e. The van der Waals surface area contributed by atoms with Crippen molar-refractivity contribution in [2.45, 2.75) is 12.0 Å². The molecule has 2 unspecified atom stereocenters. The molecule has 0 saturated heterocycles. The summed E-state index contributed by atoms with van der Waals surface area (Å²) in [7, 11) is 0. The summed E-state index contributed by atoms with van der Waals surface area (Å²) in [6, 6.07) is 69.7. The standard InChI is InChI=1S/C52H37NO/c1-4-16-36(17-5-1)40-29-32-50(46(34-40)38-20-8-3-9-21-38)53(48-26-14-12-23-42(48)37-18-6-2-7-19-37)49-27-15-13-24-43(49)41-30-33-51-47(35-41)45-31-28-39-22-10-11-25-44(39)52(45)54-51/h1-35,47,51H. The van der Waals surface area contributed by atoms with Crippen LogP contribution in [0, 0.1) is 0 Å². The van der Waals surface area contributed by atoms with Gasteiger partial charge < -0.3 is 9.64 Å². The van der Waals surface area contributed by atoms with Crippen molar-refractivity contribution in [2.24, 2.45) is 0 Å². The molecule has 8 aromatic carbocycles. The highest BCUT2D eigenvalue weighted by molar-refractivity contribution is 5.99. The number of ether oxygens (including phenoxy) is 1. The largest absolute Gasteiger partial charge is 0.484 e. The monoisotopic (exact) mass is 691 g/mol. The van der Waals surface area contributed by atoms with Gasteiger partial charge in [-0.3, -0.25) is 0 Å². The van der Waals surface area contributed by atoms with Gasteiger partial charge in [0, 0.05) is 33.6 Å². The van der Waals surface area contributed by atoms with E-state index in [0.717, 1.165) is 45.1 Å². The van der Waals surface area contributed by atoms with Crippen LogP contribution < -0.4 is 9.64 Å². The van der Waals surface area contributed by atoms with Gasteiger partial charge in [-0.05, 0) is 63.6 Å². The first-order valence-corrected chi connectivity index (χ1v) is 18.7. The van der Waals surface area contributed by atoms with Crippen LogP contribution in [0.5, 0.6) is 5.75 Å². The van der Waals surface area contributed by atoms with E-state index in [1.165, 1.54) is 38.6 Å². The Balaban J connectivity index is 1.19. The summed E-state index contributed by atoms with van der Waals surface area (Å²) in [4.78, 5) is 2.47. The number of para-hydroxylation sites is 2. The molecule has 0 bridgehead atoms. The van der Waals surface area contributed by atoms with Crippen molar-refractivity contribution in [2.75, 3.05) is 4.90 Å². The van der Waals surface area contributed by atoms with Crippen LogP contribution >= 0.6 is 0 Å². The fourth-order valence-electron chi connectivity index (χ4n) is 8.23. The molecule has 54 heavy (non-hydrogen) atoms. The summed E-state index contributed by atoms with van der Waals surface area (Å²) >= 11 is 0. The Kier molecular flexibility index (Phi) is 8.00. The fraction of sp³-hybridized carbons (Fsp3) is 0.0385. The zero-order chi connectivity index (χ0) is 35.8. The summed E-state index contributed by atoms with van der Waals surface area (Å²) < 4.78 is 6.66. The predicted octanol–water partition coefficient (Wildman–Crippen LogP) is 13.8. The molecule has 2 nitrogen and oxygen atoms in total. The Bertz CT molecular complexity index is 2690. The number of nitrogens with zero attached hydrogens (tertiary/aromatic N) is 1. The van der Waals surface area contributed by atoms with E-state index in [1.54, 1.807) is 0 Å². The molecular weight excluding hydrogens is 655 g/mol. The first-order chi connectivity index (χ1) is 26.8. The third-order valence-corrected chi connectivity index (χ3v) is 10.8. The zero-order valence-corrected chi connectivity index (χ0v) is 29.7. The second-order valence-electron chi connectivity index (χ2n) is 14.0. The quantitative estimate of drug-likeness (QED) is 0.165. The second kappa shape index (κ2) is 13.6. The van der Waals surface area contributed by atoms with E-state index >= 15 is 0 Å². The summed E-state index contributed by atoms with van der Waals surface area (Å²) in [5.41, 5.74) is 13.9. The van der Waals surface area contributed by atoms with Crippen LogP contribution in [0.15, 0.2) is 212 Å². The number of fused-ring (bicyclic) bond motifs is 5. The van der Waals surface area contributed by atoms with Crippen molar-refractivity contribution >= 4 is 33.4 Å². The molecule has 0 N–H and O–H groups in total. The Morgan fingerprint density at radius 2 is 1.00 bits per heavy atom. The highest BCUT2D eigenvalue weighted by atomic mass is 16.5. The van der Waals surface area contributed by atoms with Crippen LogP contribution in [0.3, 0.4) is 0 Å². The summed E-state index contributed by atoms with van der Waals surface area (Å²) in [5.74, 6) is 1.12. The molecule has 2 heteroatoms. The molecule has 10 rings (SSSR count). The van der Waals surface area contributed by atoms with Gasteiger partial charge >= 0.3 is 0 Å². The van der Waals surface area contributed by atoms with Crippen LogP contribution in [0.1, 0.15) is 17.0 Å². The van der Waals surface area contributed by atoms with E-state index in [0.29, 0.717) is 0 Å². The number of hydrogen-bond donors (Lipinski definition) is 0. The molecule has 0 fully saturated rings. The van der Waals surface area contributed by atoms with E-state index in [9.17, 15) is 0 Å². The molecule has 1 heterocycles. The van der Waals surface area contributed by atoms with Crippen LogP contribution in [0.4, 0.5) is 17.1 Å². The minimum Gasteiger partial charge on any atom is -0.484 e. The van der Waals surface area contributed by atoms with Crippen LogP contribution in [-0.4, -0.2) is 6.10 Å². The molecule has 8 aromatic rings. The third-order valence-electron chi connectivity index (χ3n) is 10.8. The number of rotatable bonds is 7. The number of allylic oxidation sites excluding steroid dienone is 2. The van der Waals surface area contributed by atoms with E-state index in [-0.39, 0.29) is 12.0 Å². The normalized spacial score (nSPS) is 15.6. The highest BCUT2D eigenvalue weighted by Crippen LogP contribution is 2.50. The molecular formula is C52H37NO. The molecule has 2 atom stereocenters. The van der Waals surface area contributed by atoms with Gasteiger partial charge in [0.05, 0.1) is 17.1 Å². The Morgan fingerprint density at radius 3 is 1.74 bits per heavy atom. The Labute approximate surface area is 316 Å². The zero-order valence-electron chi connectivity index (χ0n) is 29.7. The molecule has 1 aliphatic heterocycles. The first-order valence-electron chi connectivity index (χ1n) is 18.7. The predicted molar refractivity (Wildman–Crippen MR) is 226 cm³/mol. The maximum absolute atomic E-state index is 6.66. The second-order valence-corrected chi connectivity index (χ2v) is 14.0. The summed E-state index contributed by atoms with van der Waals surface area (Å²) in [6.07, 6.45) is 6.89. The van der Waals surface area contributed by atoms with E-state index in [4.69, 9.17) is 4.74 Å². The van der Waals surface area contributed by atoms with Crippen molar-refractivity contribution in [3.8, 4) is 39.1 Å². The summed E-state index contributed by atoms with van der Waals surface area (Å²) in [6.45, 7) is 0. The summed E-state index contributed by atoms with van der Waals surface area (Å²) in [5, 5.41) is 2.37. The van der Waals surface area contributed by atoms with Crippen LogP contribution in [0.25, 0.3) is 49.7 Å². The minimum absolute atomic E-state index is 0.0353. The Hall–Kier alpha value is -6.90. The van der Waals surface area contributed by atoms with E-state index < -0.39 is 0 Å². The lowest BCUT2D eigenvalue weighted by molar-refractivity contribution is 0.272. The minimum atomic E-state index is -0.0353. The molecule has 0 aromatic heterocycles. The third kappa shape index (κ3) is 5.60. The average molecular weight is 692 g/mol. The van der Waals surface area contributed by atoms with Gasteiger partial charge in [-0.1, -0.05) is 182 Å². The molecule has 1 aliphatic carbocycles. The van der Waals surface area contributed by atoms with Gasteiger partial charge in [0.2, 0.25) is 0 Å². The molecule has 0 saturated carbocycles. The van der Waals surface area contributed by atoms with Crippen LogP contribution in [-0.2, 0) is 0 Å². The number of benzene rings is 8. The fourth-order valence-corrected chi connectivity index (χ4v) is 8.23. The lowest BCUT2D eigenvalue weighted by Crippen LogP contribution is -2.18. The lowest BCUT2D eigenvalue weighted by atomic mass is 9.85. The molecule has 0 spiro atoms. The number of hydrogen-bond acceptors (Lipinski definition) is 2. The van der Waals surface area contributed by atoms with Crippen molar-refractivity contribution < 1.29 is 4.74 Å². The SMILES string of the molecule is C1=CC2Oc3c(ccc4ccccc34)C2C=C1c1ccccc1N(c1ccccc1-c1ccccc1)c1ccc(-c2ccccc2)cc1-c1ccccc1. The van der Waals surface area contributed by atoms with E-state index in [1.807, 2.05) is 0 Å². The van der Waals surface area contributed by atoms with Crippen molar-refractivity contribution in [1.82, 2.24) is 0 Å². The van der Waals surface area contributed by atoms with Crippen molar-refractivity contribution in [3.63, 3.8) is 0 Å². The van der Waals surface area contributed by atoms with Crippen molar-refractivity contribution in [1.29, 1.82) is 0 Å². The highest BCUT2D eigenvalue weighted by Gasteiger charge is 2.35. The van der Waals surface area contributed by atoms with Crippen LogP contribution in [0.2, 0.25) is 0 Å². The molecule has 0 radical (unpaired) electrons. The Morgan fingerprint density at radius 1 is 0.426 bits per heavy atom. The molecule has 2 aliphatic rings.